The number of imidazole rings is 1. The molecular formula is C19H21FN4OS. The van der Waals surface area contributed by atoms with E-state index in [1.165, 1.54) is 12.1 Å². The quantitative estimate of drug-likeness (QED) is 0.561. The van der Waals surface area contributed by atoms with Gasteiger partial charge >= 0.3 is 0 Å². The molecule has 0 fully saturated rings. The Bertz CT molecular complexity index is 991. The third kappa shape index (κ3) is 3.62. The highest BCUT2D eigenvalue weighted by Gasteiger charge is 2.15. The van der Waals surface area contributed by atoms with Gasteiger partial charge in [0.25, 0.3) is 5.91 Å². The van der Waals surface area contributed by atoms with Crippen LogP contribution >= 0.6 is 12.2 Å². The summed E-state index contributed by atoms with van der Waals surface area (Å²) >= 11 is 5.03. The molecule has 3 aromatic rings. The van der Waals surface area contributed by atoms with Gasteiger partial charge in [-0.15, -0.1) is 0 Å². The summed E-state index contributed by atoms with van der Waals surface area (Å²) in [5, 5.41) is 2.81. The molecular weight excluding hydrogens is 351 g/mol. The Morgan fingerprint density at radius 2 is 1.92 bits per heavy atom. The predicted octanol–water partition coefficient (Wildman–Crippen LogP) is 4.85. The molecule has 5 nitrogen and oxygen atoms in total. The van der Waals surface area contributed by atoms with Crippen molar-refractivity contribution < 1.29 is 9.18 Å². The van der Waals surface area contributed by atoms with Crippen LogP contribution in [-0.4, -0.2) is 28.5 Å². The average molecular weight is 372 g/mol. The number of carbonyl (C=O) groups excluding carboxylic acids is 1. The number of amides is 1. The fourth-order valence-electron chi connectivity index (χ4n) is 3.07. The van der Waals surface area contributed by atoms with Crippen molar-refractivity contribution in [3.05, 3.63) is 52.5 Å². The number of aromatic amines is 2. The molecule has 3 rings (SSSR count). The molecule has 0 spiro atoms. The van der Waals surface area contributed by atoms with Gasteiger partial charge in [0.15, 0.2) is 4.77 Å². The Kier molecular flexibility index (Phi) is 5.08. The van der Waals surface area contributed by atoms with Crippen molar-refractivity contribution in [2.45, 2.75) is 26.8 Å². The molecule has 2 aromatic carbocycles. The number of nitrogens with zero attached hydrogens (tertiary/aromatic N) is 1. The van der Waals surface area contributed by atoms with E-state index in [1.54, 1.807) is 0 Å². The summed E-state index contributed by atoms with van der Waals surface area (Å²) in [6.07, 6.45) is 0. The Morgan fingerprint density at radius 3 is 2.54 bits per heavy atom. The van der Waals surface area contributed by atoms with Crippen LogP contribution in [0.5, 0.6) is 0 Å². The van der Waals surface area contributed by atoms with Gasteiger partial charge in [-0.1, -0.05) is 0 Å². The summed E-state index contributed by atoms with van der Waals surface area (Å²) in [5.41, 5.74) is 2.88. The molecule has 1 amide bonds. The maximum Gasteiger partial charge on any atom is 0.257 e. The van der Waals surface area contributed by atoms with E-state index in [0.29, 0.717) is 27.5 Å². The molecule has 0 unspecified atom stereocenters. The smallest absolute Gasteiger partial charge is 0.257 e. The van der Waals surface area contributed by atoms with Gasteiger partial charge in [0, 0.05) is 24.0 Å². The topological polar surface area (TPSA) is 63.9 Å². The number of aromatic nitrogens is 2. The van der Waals surface area contributed by atoms with E-state index in [2.05, 4.69) is 41.0 Å². The van der Waals surface area contributed by atoms with Crippen molar-refractivity contribution in [2.75, 3.05) is 16.8 Å². The lowest BCUT2D eigenvalue weighted by atomic mass is 10.1. The van der Waals surface area contributed by atoms with Gasteiger partial charge in [0.2, 0.25) is 0 Å². The van der Waals surface area contributed by atoms with E-state index in [4.69, 9.17) is 12.2 Å². The minimum absolute atomic E-state index is 0.203. The summed E-state index contributed by atoms with van der Waals surface area (Å²) in [7, 11) is 0. The van der Waals surface area contributed by atoms with Gasteiger partial charge in [-0.05, 0) is 69.4 Å². The van der Waals surface area contributed by atoms with Crippen LogP contribution in [0.25, 0.3) is 11.0 Å². The Morgan fingerprint density at radius 1 is 1.23 bits per heavy atom. The average Bonchev–Trinajstić information content (AvgIpc) is 2.95. The largest absolute Gasteiger partial charge is 0.369 e. The van der Waals surface area contributed by atoms with Gasteiger partial charge in [-0.2, -0.15) is 0 Å². The normalized spacial score (nSPS) is 11.1. The first kappa shape index (κ1) is 18.1. The van der Waals surface area contributed by atoms with Crippen LogP contribution in [0.3, 0.4) is 0 Å². The third-order valence-electron chi connectivity index (χ3n) is 4.26. The first-order chi connectivity index (χ1) is 12.4. The molecule has 7 heteroatoms. The van der Waals surface area contributed by atoms with Gasteiger partial charge in [0.1, 0.15) is 5.82 Å². The molecule has 1 heterocycles. The second-order valence-electron chi connectivity index (χ2n) is 6.34. The zero-order chi connectivity index (χ0) is 18.8. The molecule has 3 N–H and O–H groups in total. The minimum Gasteiger partial charge on any atom is -0.369 e. The number of halogens is 1. The maximum atomic E-state index is 13.8. The molecule has 0 aliphatic heterocycles. The zero-order valence-electron chi connectivity index (χ0n) is 14.9. The molecule has 1 aromatic heterocycles. The highest BCUT2D eigenvalue weighted by molar-refractivity contribution is 7.71. The summed E-state index contributed by atoms with van der Waals surface area (Å²) in [4.78, 5) is 20.6. The summed E-state index contributed by atoms with van der Waals surface area (Å²) in [6.45, 7) is 7.27. The molecule has 0 bridgehead atoms. The van der Waals surface area contributed by atoms with E-state index in [0.717, 1.165) is 12.2 Å². The van der Waals surface area contributed by atoms with Crippen molar-refractivity contribution in [2.24, 2.45) is 0 Å². The van der Waals surface area contributed by atoms with Crippen LogP contribution in [0.4, 0.5) is 15.8 Å². The second-order valence-corrected chi connectivity index (χ2v) is 6.74. The molecule has 0 aliphatic rings. The first-order valence-corrected chi connectivity index (χ1v) is 8.89. The lowest BCUT2D eigenvalue weighted by Crippen LogP contribution is -2.30. The van der Waals surface area contributed by atoms with Crippen LogP contribution in [-0.2, 0) is 0 Å². The number of benzene rings is 2. The predicted molar refractivity (Wildman–Crippen MR) is 106 cm³/mol. The fourth-order valence-corrected chi connectivity index (χ4v) is 3.28. The van der Waals surface area contributed by atoms with Crippen LogP contribution in [0.2, 0.25) is 0 Å². The number of anilines is 2. The number of hydrogen-bond acceptors (Lipinski definition) is 3. The third-order valence-corrected chi connectivity index (χ3v) is 4.46. The molecule has 0 saturated heterocycles. The van der Waals surface area contributed by atoms with Gasteiger partial charge in [-0.3, -0.25) is 4.79 Å². The SMILES string of the molecule is CCN(c1ccc(NC(=O)c2cc(F)cc3[nH]c(=S)[nH]c23)cc1)C(C)C. The number of carbonyl (C=O) groups is 1. The highest BCUT2D eigenvalue weighted by Crippen LogP contribution is 2.22. The van der Waals surface area contributed by atoms with E-state index < -0.39 is 11.7 Å². The monoisotopic (exact) mass is 372 g/mol. The van der Waals surface area contributed by atoms with Gasteiger partial charge < -0.3 is 20.2 Å². The summed E-state index contributed by atoms with van der Waals surface area (Å²) < 4.78 is 14.2. The molecule has 0 aliphatic carbocycles. The summed E-state index contributed by atoms with van der Waals surface area (Å²) in [5.74, 6) is -0.900. The second kappa shape index (κ2) is 7.29. The molecule has 0 radical (unpaired) electrons. The van der Waals surface area contributed by atoms with Crippen molar-refractivity contribution in [3.63, 3.8) is 0 Å². The molecule has 136 valence electrons. The van der Waals surface area contributed by atoms with Crippen molar-refractivity contribution in [1.82, 2.24) is 9.97 Å². The lowest BCUT2D eigenvalue weighted by molar-refractivity contribution is 0.102. The van der Waals surface area contributed by atoms with Crippen molar-refractivity contribution >= 4 is 40.5 Å². The maximum absolute atomic E-state index is 13.8. The Labute approximate surface area is 156 Å². The number of hydrogen-bond donors (Lipinski definition) is 3. The Balaban J connectivity index is 1.86. The van der Waals surface area contributed by atoms with Crippen molar-refractivity contribution in [3.8, 4) is 0 Å². The van der Waals surface area contributed by atoms with Crippen LogP contribution in [0.1, 0.15) is 31.1 Å². The van der Waals surface area contributed by atoms with E-state index >= 15 is 0 Å². The van der Waals surface area contributed by atoms with E-state index in [1.807, 2.05) is 24.3 Å². The number of H-pyrrole nitrogens is 2. The summed E-state index contributed by atoms with van der Waals surface area (Å²) in [6, 6.07) is 10.5. The molecule has 0 saturated carbocycles. The Hall–Kier alpha value is -2.67. The number of fused-ring (bicyclic) bond motifs is 1. The highest BCUT2D eigenvalue weighted by atomic mass is 32.1. The zero-order valence-corrected chi connectivity index (χ0v) is 15.7. The lowest BCUT2D eigenvalue weighted by Gasteiger charge is -2.27. The van der Waals surface area contributed by atoms with Crippen molar-refractivity contribution in [1.29, 1.82) is 0 Å². The molecule has 0 atom stereocenters. The van der Waals surface area contributed by atoms with Gasteiger partial charge in [0.05, 0.1) is 16.6 Å². The number of nitrogens with one attached hydrogen (secondary N) is 3. The fraction of sp³-hybridized carbons (Fsp3) is 0.263. The number of rotatable bonds is 5. The minimum atomic E-state index is -0.501. The first-order valence-electron chi connectivity index (χ1n) is 8.48. The van der Waals surface area contributed by atoms with Crippen LogP contribution in [0.15, 0.2) is 36.4 Å². The standard InChI is InChI=1S/C19H21FN4OS/c1-4-24(11(2)3)14-7-5-13(6-8-14)21-18(25)15-9-12(20)10-16-17(15)23-19(26)22-16/h5-11H,4H2,1-3H3,(H,21,25)(H2,22,23,26). The van der Waals surface area contributed by atoms with Crippen LogP contribution in [0, 0.1) is 10.6 Å². The molecule has 26 heavy (non-hydrogen) atoms. The van der Waals surface area contributed by atoms with E-state index in [-0.39, 0.29) is 5.56 Å². The van der Waals surface area contributed by atoms with Crippen LogP contribution < -0.4 is 10.2 Å². The van der Waals surface area contributed by atoms with E-state index in [9.17, 15) is 9.18 Å². The van der Waals surface area contributed by atoms with Gasteiger partial charge in [-0.25, -0.2) is 4.39 Å².